The van der Waals surface area contributed by atoms with Gasteiger partial charge in [-0.25, -0.2) is 8.42 Å². The predicted molar refractivity (Wildman–Crippen MR) is 124 cm³/mol. The van der Waals surface area contributed by atoms with Crippen LogP contribution in [-0.2, 0) is 10.0 Å². The molecule has 0 atom stereocenters. The zero-order valence-corrected chi connectivity index (χ0v) is 19.5. The lowest BCUT2D eigenvalue weighted by molar-refractivity contribution is 0.0313. The SMILES string of the molecule is CS(=O)(=O)N(C1CCCCC1)C1CN(C(c2ccc(Cl)cc2)c2ccc(Cl)cc2)C1. The molecule has 2 aromatic carbocycles. The second kappa shape index (κ2) is 9.17. The lowest BCUT2D eigenvalue weighted by atomic mass is 9.91. The molecule has 0 aromatic heterocycles. The normalized spacial score (nSPS) is 19.4. The standard InChI is InChI=1S/C23H28Cl2N2O2S/c1-30(28,29)27(21-5-3-2-4-6-21)22-15-26(16-22)23(17-7-11-19(24)12-8-17)18-9-13-20(25)14-10-18/h7-14,21-23H,2-6,15-16H2,1H3. The number of halogens is 2. The van der Waals surface area contributed by atoms with E-state index in [0.29, 0.717) is 10.0 Å². The summed E-state index contributed by atoms with van der Waals surface area (Å²) >= 11 is 12.2. The third kappa shape index (κ3) is 4.86. The highest BCUT2D eigenvalue weighted by molar-refractivity contribution is 7.88. The third-order valence-corrected chi connectivity index (χ3v) is 8.17. The fourth-order valence-electron chi connectivity index (χ4n) is 4.94. The molecule has 0 spiro atoms. The molecular formula is C23H28Cl2N2O2S. The first-order chi connectivity index (χ1) is 14.3. The van der Waals surface area contributed by atoms with Crippen molar-refractivity contribution in [2.45, 2.75) is 50.2 Å². The van der Waals surface area contributed by atoms with Crippen molar-refractivity contribution in [3.05, 3.63) is 69.7 Å². The predicted octanol–water partition coefficient (Wildman–Crippen LogP) is 5.36. The number of sulfonamides is 1. The van der Waals surface area contributed by atoms with Gasteiger partial charge in [0.15, 0.2) is 0 Å². The molecule has 0 N–H and O–H groups in total. The van der Waals surface area contributed by atoms with E-state index in [0.717, 1.165) is 49.9 Å². The molecule has 1 saturated heterocycles. The van der Waals surface area contributed by atoms with Crippen LogP contribution >= 0.6 is 23.2 Å². The maximum atomic E-state index is 12.6. The summed E-state index contributed by atoms with van der Waals surface area (Å²) in [5.41, 5.74) is 2.28. The minimum atomic E-state index is -3.24. The number of hydrogen-bond donors (Lipinski definition) is 0. The lowest BCUT2D eigenvalue weighted by Crippen LogP contribution is -2.63. The molecule has 1 saturated carbocycles. The average molecular weight is 467 g/mol. The molecule has 0 radical (unpaired) electrons. The quantitative estimate of drug-likeness (QED) is 0.574. The van der Waals surface area contributed by atoms with E-state index in [1.807, 2.05) is 52.8 Å². The van der Waals surface area contributed by atoms with E-state index in [2.05, 4.69) is 4.90 Å². The molecule has 4 nitrogen and oxygen atoms in total. The molecule has 0 amide bonds. The topological polar surface area (TPSA) is 40.6 Å². The van der Waals surface area contributed by atoms with Crippen molar-refractivity contribution in [1.29, 1.82) is 0 Å². The van der Waals surface area contributed by atoms with Gasteiger partial charge in [0.2, 0.25) is 10.0 Å². The van der Waals surface area contributed by atoms with Crippen molar-refractivity contribution in [2.75, 3.05) is 19.3 Å². The first-order valence-electron chi connectivity index (χ1n) is 10.6. The molecule has 30 heavy (non-hydrogen) atoms. The van der Waals surface area contributed by atoms with Crippen LogP contribution in [0.25, 0.3) is 0 Å². The summed E-state index contributed by atoms with van der Waals surface area (Å²) in [5, 5.41) is 1.41. The Morgan fingerprint density at radius 2 is 1.30 bits per heavy atom. The van der Waals surface area contributed by atoms with Crippen molar-refractivity contribution in [3.8, 4) is 0 Å². The van der Waals surface area contributed by atoms with Crippen LogP contribution in [-0.4, -0.2) is 49.1 Å². The smallest absolute Gasteiger partial charge is 0.211 e. The third-order valence-electron chi connectivity index (χ3n) is 6.30. The fourth-order valence-corrected chi connectivity index (χ4v) is 6.62. The number of nitrogens with zero attached hydrogens (tertiary/aromatic N) is 2. The number of hydrogen-bond acceptors (Lipinski definition) is 3. The van der Waals surface area contributed by atoms with Crippen LogP contribution < -0.4 is 0 Å². The van der Waals surface area contributed by atoms with Gasteiger partial charge in [0.05, 0.1) is 18.3 Å². The van der Waals surface area contributed by atoms with Gasteiger partial charge in [0.1, 0.15) is 0 Å². The molecule has 0 unspecified atom stereocenters. The van der Waals surface area contributed by atoms with E-state index in [9.17, 15) is 8.42 Å². The van der Waals surface area contributed by atoms with Crippen molar-refractivity contribution < 1.29 is 8.42 Å². The summed E-state index contributed by atoms with van der Waals surface area (Å²) in [7, 11) is -3.24. The van der Waals surface area contributed by atoms with Gasteiger partial charge in [-0.2, -0.15) is 4.31 Å². The first kappa shape index (κ1) is 22.1. The average Bonchev–Trinajstić information content (AvgIpc) is 2.68. The zero-order valence-electron chi connectivity index (χ0n) is 17.2. The van der Waals surface area contributed by atoms with Crippen LogP contribution in [0.15, 0.2) is 48.5 Å². The van der Waals surface area contributed by atoms with E-state index >= 15 is 0 Å². The highest BCUT2D eigenvalue weighted by atomic mass is 35.5. The van der Waals surface area contributed by atoms with E-state index in [-0.39, 0.29) is 18.1 Å². The molecule has 2 aliphatic rings. The van der Waals surface area contributed by atoms with Gasteiger partial charge in [-0.3, -0.25) is 4.90 Å². The monoisotopic (exact) mass is 466 g/mol. The molecule has 162 valence electrons. The molecule has 0 bridgehead atoms. The second-order valence-corrected chi connectivity index (χ2v) is 11.3. The van der Waals surface area contributed by atoms with E-state index < -0.39 is 10.0 Å². The molecule has 1 aliphatic heterocycles. The van der Waals surface area contributed by atoms with E-state index in [1.165, 1.54) is 12.7 Å². The number of likely N-dealkylation sites (tertiary alicyclic amines) is 1. The second-order valence-electron chi connectivity index (χ2n) is 8.50. The largest absolute Gasteiger partial charge is 0.289 e. The van der Waals surface area contributed by atoms with E-state index in [4.69, 9.17) is 23.2 Å². The van der Waals surface area contributed by atoms with Crippen LogP contribution in [0.5, 0.6) is 0 Å². The van der Waals surface area contributed by atoms with Gasteiger partial charge in [0, 0.05) is 29.2 Å². The summed E-state index contributed by atoms with van der Waals surface area (Å²) in [6, 6.07) is 16.0. The molecular weight excluding hydrogens is 439 g/mol. The lowest BCUT2D eigenvalue weighted by Gasteiger charge is -2.50. The minimum absolute atomic E-state index is 0.0326. The van der Waals surface area contributed by atoms with Crippen LogP contribution in [0.3, 0.4) is 0 Å². The summed E-state index contributed by atoms with van der Waals surface area (Å²) in [5.74, 6) is 0. The summed E-state index contributed by atoms with van der Waals surface area (Å²) < 4.78 is 27.1. The van der Waals surface area contributed by atoms with Gasteiger partial charge in [-0.15, -0.1) is 0 Å². The minimum Gasteiger partial charge on any atom is -0.289 e. The Hall–Kier alpha value is -1.11. The first-order valence-corrected chi connectivity index (χ1v) is 13.2. The van der Waals surface area contributed by atoms with Crippen molar-refractivity contribution >= 4 is 33.2 Å². The van der Waals surface area contributed by atoms with Crippen molar-refractivity contribution in [3.63, 3.8) is 0 Å². The molecule has 2 fully saturated rings. The molecule has 2 aromatic rings. The summed E-state index contributed by atoms with van der Waals surface area (Å²) in [4.78, 5) is 2.35. The van der Waals surface area contributed by atoms with Gasteiger partial charge in [0.25, 0.3) is 0 Å². The van der Waals surface area contributed by atoms with Gasteiger partial charge in [-0.1, -0.05) is 66.7 Å². The van der Waals surface area contributed by atoms with E-state index in [1.54, 1.807) is 0 Å². The summed E-state index contributed by atoms with van der Waals surface area (Å²) in [6.45, 7) is 1.44. The maximum Gasteiger partial charge on any atom is 0.211 e. The van der Waals surface area contributed by atoms with Crippen LogP contribution in [0.1, 0.15) is 49.3 Å². The fraction of sp³-hybridized carbons (Fsp3) is 0.478. The maximum absolute atomic E-state index is 12.6. The van der Waals surface area contributed by atoms with Crippen LogP contribution in [0.2, 0.25) is 10.0 Å². The molecule has 7 heteroatoms. The molecule has 1 heterocycles. The highest BCUT2D eigenvalue weighted by Crippen LogP contribution is 2.37. The van der Waals surface area contributed by atoms with Gasteiger partial charge in [-0.05, 0) is 48.2 Å². The molecule has 1 aliphatic carbocycles. The molecule has 4 rings (SSSR count). The number of benzene rings is 2. The van der Waals surface area contributed by atoms with Crippen LogP contribution in [0, 0.1) is 0 Å². The Bertz CT molecular complexity index is 906. The Kier molecular flexibility index (Phi) is 6.76. The number of rotatable bonds is 6. The zero-order chi connectivity index (χ0) is 21.3. The van der Waals surface area contributed by atoms with Gasteiger partial charge >= 0.3 is 0 Å². The summed E-state index contributed by atoms with van der Waals surface area (Å²) in [6.07, 6.45) is 6.75. The Morgan fingerprint density at radius 3 is 1.73 bits per heavy atom. The van der Waals surface area contributed by atoms with Crippen molar-refractivity contribution in [2.24, 2.45) is 0 Å². The Labute approximate surface area is 189 Å². The van der Waals surface area contributed by atoms with Crippen molar-refractivity contribution in [1.82, 2.24) is 9.21 Å². The Balaban J connectivity index is 1.57. The Morgan fingerprint density at radius 1 is 0.833 bits per heavy atom. The van der Waals surface area contributed by atoms with Crippen LogP contribution in [0.4, 0.5) is 0 Å². The highest BCUT2D eigenvalue weighted by Gasteiger charge is 2.43. The van der Waals surface area contributed by atoms with Gasteiger partial charge < -0.3 is 0 Å².